The predicted octanol–water partition coefficient (Wildman–Crippen LogP) is 3.22. The van der Waals surface area contributed by atoms with E-state index in [1.165, 1.54) is 6.42 Å². The van der Waals surface area contributed by atoms with Gasteiger partial charge in [0.15, 0.2) is 0 Å². The molecule has 1 aromatic heterocycles. The lowest BCUT2D eigenvalue weighted by Crippen LogP contribution is -2.13. The first-order chi connectivity index (χ1) is 8.76. The molecule has 0 aliphatic carbocycles. The first-order valence-electron chi connectivity index (χ1n) is 6.89. The van der Waals surface area contributed by atoms with Gasteiger partial charge in [0.25, 0.3) is 0 Å². The van der Waals surface area contributed by atoms with E-state index in [0.29, 0.717) is 5.75 Å². The summed E-state index contributed by atoms with van der Waals surface area (Å²) in [6.07, 6.45) is 4.50. The Labute approximate surface area is 113 Å². The van der Waals surface area contributed by atoms with E-state index in [-0.39, 0.29) is 0 Å². The molecule has 1 aromatic rings. The number of nitrogens with one attached hydrogen (secondary N) is 1. The van der Waals surface area contributed by atoms with E-state index >= 15 is 0 Å². The zero-order valence-electron chi connectivity index (χ0n) is 11.5. The van der Waals surface area contributed by atoms with E-state index in [9.17, 15) is 4.21 Å². The molecular weight excluding hydrogens is 246 g/mol. The maximum Gasteiger partial charge on any atom is 0.118 e. The lowest BCUT2D eigenvalue weighted by molar-refractivity contribution is 0.458. The lowest BCUT2D eigenvalue weighted by Gasteiger charge is -2.00. The van der Waals surface area contributed by atoms with Gasteiger partial charge in [0.1, 0.15) is 11.5 Å². The van der Waals surface area contributed by atoms with Crippen LogP contribution in [0.25, 0.3) is 0 Å². The second kappa shape index (κ2) is 9.34. The summed E-state index contributed by atoms with van der Waals surface area (Å²) in [6.45, 7) is 6.06. The molecule has 0 aromatic carbocycles. The molecule has 0 amide bonds. The second-order valence-electron chi connectivity index (χ2n) is 4.54. The highest BCUT2D eigenvalue weighted by Crippen LogP contribution is 2.11. The van der Waals surface area contributed by atoms with Gasteiger partial charge in [0.2, 0.25) is 0 Å². The summed E-state index contributed by atoms with van der Waals surface area (Å²) in [5, 5.41) is 3.29. The Bertz CT molecular complexity index is 349. The molecule has 1 unspecified atom stereocenters. The molecule has 0 spiro atoms. The Balaban J connectivity index is 2.27. The van der Waals surface area contributed by atoms with E-state index in [1.807, 2.05) is 12.1 Å². The minimum Gasteiger partial charge on any atom is -0.464 e. The first-order valence-corrected chi connectivity index (χ1v) is 8.38. The van der Waals surface area contributed by atoms with Crippen molar-refractivity contribution < 1.29 is 8.63 Å². The molecule has 1 rings (SSSR count). The molecule has 0 radical (unpaired) electrons. The van der Waals surface area contributed by atoms with Crippen molar-refractivity contribution in [2.45, 2.75) is 51.8 Å². The Kier molecular flexibility index (Phi) is 8.01. The molecule has 104 valence electrons. The van der Waals surface area contributed by atoms with Gasteiger partial charge in [0.05, 0.1) is 12.3 Å². The van der Waals surface area contributed by atoms with Gasteiger partial charge in [-0.1, -0.05) is 26.7 Å². The fraction of sp³-hybridized carbons (Fsp3) is 0.714. The van der Waals surface area contributed by atoms with Gasteiger partial charge in [-0.3, -0.25) is 4.21 Å². The van der Waals surface area contributed by atoms with Gasteiger partial charge >= 0.3 is 0 Å². The minimum atomic E-state index is -0.781. The molecule has 0 fully saturated rings. The van der Waals surface area contributed by atoms with E-state index in [2.05, 4.69) is 19.2 Å². The minimum absolute atomic E-state index is 0.553. The number of rotatable bonds is 10. The van der Waals surface area contributed by atoms with Crippen LogP contribution < -0.4 is 5.32 Å². The third-order valence-electron chi connectivity index (χ3n) is 2.72. The highest BCUT2D eigenvalue weighted by Gasteiger charge is 2.06. The monoisotopic (exact) mass is 271 g/mol. The quantitative estimate of drug-likeness (QED) is 0.664. The third kappa shape index (κ3) is 6.36. The maximum absolute atomic E-state index is 11.8. The summed E-state index contributed by atoms with van der Waals surface area (Å²) in [6, 6.07) is 3.92. The number of furan rings is 1. The molecule has 0 aliphatic rings. The molecule has 1 heterocycles. The summed E-state index contributed by atoms with van der Waals surface area (Å²) in [7, 11) is -0.781. The van der Waals surface area contributed by atoms with E-state index in [4.69, 9.17) is 4.42 Å². The zero-order chi connectivity index (χ0) is 13.2. The first kappa shape index (κ1) is 15.4. The third-order valence-corrected chi connectivity index (χ3v) is 4.07. The standard InChI is InChI=1S/C14H25NO2S/c1-3-5-6-10-18(16)12-14-8-7-13(17-14)11-15-9-4-2/h7-8,15H,3-6,9-12H2,1-2H3. The highest BCUT2D eigenvalue weighted by atomic mass is 32.2. The zero-order valence-corrected chi connectivity index (χ0v) is 12.4. The van der Waals surface area contributed by atoms with Crippen LogP contribution in [-0.4, -0.2) is 16.5 Å². The molecule has 0 saturated carbocycles. The molecule has 1 N–H and O–H groups in total. The number of hydrogen-bond acceptors (Lipinski definition) is 3. The van der Waals surface area contributed by atoms with E-state index in [0.717, 1.165) is 49.6 Å². The predicted molar refractivity (Wildman–Crippen MR) is 76.9 cm³/mol. The van der Waals surface area contributed by atoms with E-state index in [1.54, 1.807) is 0 Å². The SMILES string of the molecule is CCCCCS(=O)Cc1ccc(CNCCC)o1. The normalized spacial score (nSPS) is 12.8. The average Bonchev–Trinajstić information content (AvgIpc) is 2.77. The van der Waals surface area contributed by atoms with Crippen molar-refractivity contribution in [3.05, 3.63) is 23.7 Å². The lowest BCUT2D eigenvalue weighted by atomic mass is 10.3. The summed E-state index contributed by atoms with van der Waals surface area (Å²) < 4.78 is 17.4. The largest absolute Gasteiger partial charge is 0.464 e. The van der Waals surface area contributed by atoms with Crippen molar-refractivity contribution in [2.75, 3.05) is 12.3 Å². The Morgan fingerprint density at radius 1 is 1.17 bits per heavy atom. The van der Waals surface area contributed by atoms with Crippen LogP contribution in [0.15, 0.2) is 16.5 Å². The molecule has 18 heavy (non-hydrogen) atoms. The Morgan fingerprint density at radius 3 is 2.67 bits per heavy atom. The van der Waals surface area contributed by atoms with E-state index < -0.39 is 10.8 Å². The van der Waals surface area contributed by atoms with Crippen molar-refractivity contribution in [3.63, 3.8) is 0 Å². The van der Waals surface area contributed by atoms with Crippen molar-refractivity contribution >= 4 is 10.8 Å². The smallest absolute Gasteiger partial charge is 0.118 e. The molecule has 4 heteroatoms. The molecule has 0 bridgehead atoms. The van der Waals surface area contributed by atoms with Gasteiger partial charge in [-0.05, 0) is 31.5 Å². The summed E-state index contributed by atoms with van der Waals surface area (Å²) in [4.78, 5) is 0. The van der Waals surface area contributed by atoms with Crippen molar-refractivity contribution in [1.29, 1.82) is 0 Å². The van der Waals surface area contributed by atoms with Crippen LogP contribution in [-0.2, 0) is 23.1 Å². The van der Waals surface area contributed by atoms with Crippen molar-refractivity contribution in [1.82, 2.24) is 5.32 Å². The van der Waals surface area contributed by atoms with Gasteiger partial charge in [0, 0.05) is 16.6 Å². The fourth-order valence-electron chi connectivity index (χ4n) is 1.73. The summed E-state index contributed by atoms with van der Waals surface area (Å²) >= 11 is 0. The van der Waals surface area contributed by atoms with Crippen LogP contribution in [0.5, 0.6) is 0 Å². The van der Waals surface area contributed by atoms with Crippen LogP contribution in [0.3, 0.4) is 0 Å². The van der Waals surface area contributed by atoms with Gasteiger partial charge in [-0.2, -0.15) is 0 Å². The molecule has 3 nitrogen and oxygen atoms in total. The van der Waals surface area contributed by atoms with Crippen molar-refractivity contribution in [3.8, 4) is 0 Å². The van der Waals surface area contributed by atoms with Crippen LogP contribution >= 0.6 is 0 Å². The number of unbranched alkanes of at least 4 members (excludes halogenated alkanes) is 2. The Hall–Kier alpha value is -0.610. The summed E-state index contributed by atoms with van der Waals surface area (Å²) in [5.41, 5.74) is 0. The molecule has 0 aliphatic heterocycles. The highest BCUT2D eigenvalue weighted by molar-refractivity contribution is 7.84. The van der Waals surface area contributed by atoms with Gasteiger partial charge < -0.3 is 9.73 Å². The molecular formula is C14H25NO2S. The van der Waals surface area contributed by atoms with Crippen LogP contribution in [0.4, 0.5) is 0 Å². The molecule has 0 saturated heterocycles. The van der Waals surface area contributed by atoms with Gasteiger partial charge in [-0.25, -0.2) is 0 Å². The average molecular weight is 271 g/mol. The molecule has 1 atom stereocenters. The summed E-state index contributed by atoms with van der Waals surface area (Å²) in [5.74, 6) is 3.12. The van der Waals surface area contributed by atoms with Crippen LogP contribution in [0.1, 0.15) is 51.1 Å². The van der Waals surface area contributed by atoms with Crippen molar-refractivity contribution in [2.24, 2.45) is 0 Å². The van der Waals surface area contributed by atoms with Crippen LogP contribution in [0.2, 0.25) is 0 Å². The second-order valence-corrected chi connectivity index (χ2v) is 6.12. The van der Waals surface area contributed by atoms with Crippen LogP contribution in [0, 0.1) is 0 Å². The van der Waals surface area contributed by atoms with Gasteiger partial charge in [-0.15, -0.1) is 0 Å². The topological polar surface area (TPSA) is 42.2 Å². The maximum atomic E-state index is 11.8. The fourth-order valence-corrected chi connectivity index (χ4v) is 2.87. The Morgan fingerprint density at radius 2 is 1.94 bits per heavy atom. The number of hydrogen-bond donors (Lipinski definition) is 1.